The highest BCUT2D eigenvalue weighted by molar-refractivity contribution is 7.80. The van der Waals surface area contributed by atoms with Gasteiger partial charge < -0.3 is 4.74 Å². The first kappa shape index (κ1) is 22.9. The largest absolute Gasteiger partial charge is 0.495 e. The number of rotatable bonds is 18. The van der Waals surface area contributed by atoms with Gasteiger partial charge in [-0.1, -0.05) is 84.6 Å². The number of allylic oxidation sites excluding steroid dienone is 1. The van der Waals surface area contributed by atoms with Crippen LogP contribution < -0.4 is 0 Å². The van der Waals surface area contributed by atoms with Gasteiger partial charge in [0, 0.05) is 6.42 Å². The van der Waals surface area contributed by atoms with Crippen LogP contribution in [0.4, 0.5) is 0 Å². The molecule has 1 nitrogen and oxygen atoms in total. The fourth-order valence-electron chi connectivity index (χ4n) is 2.99. The predicted molar refractivity (Wildman–Crippen MR) is 108 cm³/mol. The first-order chi connectivity index (χ1) is 11.2. The lowest BCUT2D eigenvalue weighted by molar-refractivity contribution is 0.0919. The van der Waals surface area contributed by atoms with E-state index in [0.29, 0.717) is 6.10 Å². The van der Waals surface area contributed by atoms with Crippen molar-refractivity contribution in [1.82, 2.24) is 0 Å². The maximum Gasteiger partial charge on any atom is 0.0982 e. The fourth-order valence-corrected chi connectivity index (χ4v) is 3.24. The number of ether oxygens (including phenoxy) is 1. The highest BCUT2D eigenvalue weighted by atomic mass is 32.1. The molecule has 0 aromatic rings. The van der Waals surface area contributed by atoms with Gasteiger partial charge in [-0.3, -0.25) is 0 Å². The van der Waals surface area contributed by atoms with Crippen molar-refractivity contribution in [3.05, 3.63) is 12.3 Å². The van der Waals surface area contributed by atoms with Gasteiger partial charge in [-0.2, -0.15) is 12.6 Å². The van der Waals surface area contributed by atoms with E-state index in [2.05, 4.69) is 33.1 Å². The van der Waals surface area contributed by atoms with Crippen LogP contribution in [0.25, 0.3) is 0 Å². The molecule has 138 valence electrons. The molecule has 0 saturated carbocycles. The molecule has 0 atom stereocenters. The van der Waals surface area contributed by atoms with E-state index >= 15 is 0 Å². The van der Waals surface area contributed by atoms with Crippen LogP contribution in [-0.4, -0.2) is 11.9 Å². The number of hydrogen-bond acceptors (Lipinski definition) is 2. The summed E-state index contributed by atoms with van der Waals surface area (Å²) in [5.74, 6) is 1.77. The minimum absolute atomic E-state index is 0.389. The van der Waals surface area contributed by atoms with E-state index in [0.717, 1.165) is 17.9 Å². The molecule has 23 heavy (non-hydrogen) atoms. The van der Waals surface area contributed by atoms with E-state index < -0.39 is 0 Å². The van der Waals surface area contributed by atoms with Crippen molar-refractivity contribution < 1.29 is 4.74 Å². The Balaban J connectivity index is 3.86. The molecule has 0 aliphatic rings. The smallest absolute Gasteiger partial charge is 0.0982 e. The second kappa shape index (κ2) is 18.2. The molecule has 0 spiro atoms. The van der Waals surface area contributed by atoms with Crippen LogP contribution in [0.1, 0.15) is 110 Å². The van der Waals surface area contributed by atoms with Gasteiger partial charge in [0.25, 0.3) is 0 Å². The standard InChI is InChI=1S/C21H42OS/c1-4-6-8-10-12-14-16-21(22-20(3)18-19-23)17-15-13-11-9-7-5-2/h21,23H,3-19H2,1-2H3. The Kier molecular flexibility index (Phi) is 18.1. The highest BCUT2D eigenvalue weighted by Crippen LogP contribution is 2.19. The molecule has 0 rings (SSSR count). The summed E-state index contributed by atoms with van der Waals surface area (Å²) < 4.78 is 6.10. The van der Waals surface area contributed by atoms with Crippen LogP contribution in [0.15, 0.2) is 12.3 Å². The van der Waals surface area contributed by atoms with Crippen molar-refractivity contribution in [2.24, 2.45) is 0 Å². The number of unbranched alkanes of at least 4 members (excludes halogenated alkanes) is 10. The summed E-state index contributed by atoms with van der Waals surface area (Å²) in [5, 5.41) is 0. The minimum Gasteiger partial charge on any atom is -0.495 e. The zero-order chi connectivity index (χ0) is 17.2. The summed E-state index contributed by atoms with van der Waals surface area (Å²) >= 11 is 4.28. The zero-order valence-corrected chi connectivity index (χ0v) is 16.8. The second-order valence-corrected chi connectivity index (χ2v) is 7.31. The zero-order valence-electron chi connectivity index (χ0n) is 16.0. The maximum absolute atomic E-state index is 6.10. The first-order valence-corrected chi connectivity index (χ1v) is 10.8. The minimum atomic E-state index is 0.389. The third-order valence-corrected chi connectivity index (χ3v) is 4.71. The van der Waals surface area contributed by atoms with Gasteiger partial charge in [0.2, 0.25) is 0 Å². The van der Waals surface area contributed by atoms with Gasteiger partial charge in [-0.25, -0.2) is 0 Å². The highest BCUT2D eigenvalue weighted by Gasteiger charge is 2.11. The van der Waals surface area contributed by atoms with Crippen LogP contribution in [-0.2, 0) is 4.74 Å². The molecular weight excluding hydrogens is 300 g/mol. The van der Waals surface area contributed by atoms with E-state index in [-0.39, 0.29) is 0 Å². The van der Waals surface area contributed by atoms with Crippen LogP contribution in [0.2, 0.25) is 0 Å². The van der Waals surface area contributed by atoms with Crippen LogP contribution >= 0.6 is 12.6 Å². The van der Waals surface area contributed by atoms with Crippen molar-refractivity contribution in [3.8, 4) is 0 Å². The Bertz CT molecular complexity index is 236. The Morgan fingerprint density at radius 1 is 0.783 bits per heavy atom. The molecule has 0 saturated heterocycles. The summed E-state index contributed by atoms with van der Waals surface area (Å²) in [6.07, 6.45) is 20.0. The summed E-state index contributed by atoms with van der Waals surface area (Å²) in [5.41, 5.74) is 0. The van der Waals surface area contributed by atoms with Crippen LogP contribution in [0.5, 0.6) is 0 Å². The van der Waals surface area contributed by atoms with E-state index in [1.165, 1.54) is 89.9 Å². The molecule has 0 heterocycles. The summed E-state index contributed by atoms with van der Waals surface area (Å²) in [7, 11) is 0. The molecule has 0 N–H and O–H groups in total. The topological polar surface area (TPSA) is 9.23 Å². The normalized spacial score (nSPS) is 11.1. The molecule has 0 aliphatic carbocycles. The maximum atomic E-state index is 6.10. The summed E-state index contributed by atoms with van der Waals surface area (Å²) in [6.45, 7) is 8.60. The summed E-state index contributed by atoms with van der Waals surface area (Å²) in [4.78, 5) is 0. The molecule has 0 fully saturated rings. The van der Waals surface area contributed by atoms with Crippen molar-refractivity contribution >= 4 is 12.6 Å². The molecule has 0 bridgehead atoms. The Morgan fingerprint density at radius 2 is 1.22 bits per heavy atom. The van der Waals surface area contributed by atoms with Crippen LogP contribution in [0.3, 0.4) is 0 Å². The number of thiol groups is 1. The molecule has 0 aromatic heterocycles. The first-order valence-electron chi connectivity index (χ1n) is 10.2. The van der Waals surface area contributed by atoms with Gasteiger partial charge >= 0.3 is 0 Å². The molecule has 0 amide bonds. The third kappa shape index (κ3) is 16.5. The van der Waals surface area contributed by atoms with Crippen molar-refractivity contribution in [3.63, 3.8) is 0 Å². The average Bonchev–Trinajstić information content (AvgIpc) is 2.53. The molecule has 0 radical (unpaired) electrons. The fraction of sp³-hybridized carbons (Fsp3) is 0.905. The Morgan fingerprint density at radius 3 is 1.65 bits per heavy atom. The van der Waals surface area contributed by atoms with Crippen molar-refractivity contribution in [2.75, 3.05) is 5.75 Å². The van der Waals surface area contributed by atoms with Crippen molar-refractivity contribution in [1.29, 1.82) is 0 Å². The SMILES string of the molecule is C=C(CCS)OC(CCCCCCCC)CCCCCCCC. The van der Waals surface area contributed by atoms with Gasteiger partial charge in [-0.05, 0) is 31.4 Å². The quantitative estimate of drug-likeness (QED) is 0.152. The Hall–Kier alpha value is -0.110. The monoisotopic (exact) mass is 342 g/mol. The molecule has 0 aromatic carbocycles. The van der Waals surface area contributed by atoms with E-state index in [9.17, 15) is 0 Å². The average molecular weight is 343 g/mol. The summed E-state index contributed by atoms with van der Waals surface area (Å²) in [6, 6.07) is 0. The van der Waals surface area contributed by atoms with Gasteiger partial charge in [0.05, 0.1) is 11.9 Å². The lowest BCUT2D eigenvalue weighted by Crippen LogP contribution is -2.13. The van der Waals surface area contributed by atoms with Gasteiger partial charge in [-0.15, -0.1) is 0 Å². The van der Waals surface area contributed by atoms with Crippen molar-refractivity contribution in [2.45, 2.75) is 116 Å². The van der Waals surface area contributed by atoms with Crippen LogP contribution in [0, 0.1) is 0 Å². The number of hydrogen-bond donors (Lipinski definition) is 1. The lowest BCUT2D eigenvalue weighted by atomic mass is 10.0. The lowest BCUT2D eigenvalue weighted by Gasteiger charge is -2.20. The van der Waals surface area contributed by atoms with Gasteiger partial charge in [0.1, 0.15) is 0 Å². The van der Waals surface area contributed by atoms with E-state index in [1.807, 2.05) is 0 Å². The molecular formula is C21H42OS. The van der Waals surface area contributed by atoms with E-state index in [1.54, 1.807) is 0 Å². The van der Waals surface area contributed by atoms with Gasteiger partial charge in [0.15, 0.2) is 0 Å². The molecule has 2 heteroatoms. The second-order valence-electron chi connectivity index (χ2n) is 6.87. The molecule has 0 unspecified atom stereocenters. The third-order valence-electron chi connectivity index (χ3n) is 4.48. The van der Waals surface area contributed by atoms with E-state index in [4.69, 9.17) is 4.74 Å². The molecule has 0 aliphatic heterocycles. The Labute approximate surface area is 152 Å². The predicted octanol–water partition coefficient (Wildman–Crippen LogP) is 7.71.